The zero-order valence-corrected chi connectivity index (χ0v) is 16.0. The SMILES string of the molecule is CCOC(=O)C1C(C)=NC(=S)NC1c1cc(Br)c(O)c(OCC)c1. The molecule has 6 nitrogen and oxygen atoms in total. The Labute approximate surface area is 154 Å². The van der Waals surface area contributed by atoms with Gasteiger partial charge in [-0.1, -0.05) is 0 Å². The third-order valence-corrected chi connectivity index (χ3v) is 4.40. The summed E-state index contributed by atoms with van der Waals surface area (Å²) < 4.78 is 11.1. The minimum Gasteiger partial charge on any atom is -0.503 e. The first-order valence-corrected chi connectivity index (χ1v) is 8.76. The van der Waals surface area contributed by atoms with Gasteiger partial charge in [0, 0.05) is 5.71 Å². The summed E-state index contributed by atoms with van der Waals surface area (Å²) in [4.78, 5) is 16.6. The van der Waals surface area contributed by atoms with Gasteiger partial charge in [-0.05, 0) is 66.6 Å². The van der Waals surface area contributed by atoms with Crippen molar-refractivity contribution in [2.45, 2.75) is 26.8 Å². The van der Waals surface area contributed by atoms with Gasteiger partial charge in [0.1, 0.15) is 5.92 Å². The van der Waals surface area contributed by atoms with E-state index in [9.17, 15) is 9.90 Å². The van der Waals surface area contributed by atoms with Crippen LogP contribution in [0.15, 0.2) is 21.6 Å². The third kappa shape index (κ3) is 3.87. The number of esters is 1. The molecule has 1 heterocycles. The predicted octanol–water partition coefficient (Wildman–Crippen LogP) is 3.12. The first-order chi connectivity index (χ1) is 11.4. The molecule has 0 bridgehead atoms. The van der Waals surface area contributed by atoms with Gasteiger partial charge in [-0.3, -0.25) is 4.79 Å². The molecule has 130 valence electrons. The highest BCUT2D eigenvalue weighted by Gasteiger charge is 2.37. The monoisotopic (exact) mass is 414 g/mol. The Balaban J connectivity index is 2.49. The lowest BCUT2D eigenvalue weighted by atomic mass is 9.88. The molecule has 0 aromatic heterocycles. The number of halogens is 1. The molecule has 2 unspecified atom stereocenters. The Hall–Kier alpha value is -1.67. The average molecular weight is 415 g/mol. The van der Waals surface area contributed by atoms with Crippen molar-refractivity contribution in [2.24, 2.45) is 10.9 Å². The van der Waals surface area contributed by atoms with Crippen molar-refractivity contribution >= 4 is 44.9 Å². The summed E-state index contributed by atoms with van der Waals surface area (Å²) in [7, 11) is 0. The van der Waals surface area contributed by atoms with Gasteiger partial charge in [0.2, 0.25) is 0 Å². The molecule has 1 aromatic rings. The molecular weight excluding hydrogens is 396 g/mol. The van der Waals surface area contributed by atoms with Crippen LogP contribution in [0.1, 0.15) is 32.4 Å². The van der Waals surface area contributed by atoms with E-state index in [1.165, 1.54) is 0 Å². The van der Waals surface area contributed by atoms with Crippen molar-refractivity contribution in [2.75, 3.05) is 13.2 Å². The summed E-state index contributed by atoms with van der Waals surface area (Å²) in [5.74, 6) is -0.641. The number of ether oxygens (including phenoxy) is 2. The van der Waals surface area contributed by atoms with Crippen LogP contribution >= 0.6 is 28.1 Å². The summed E-state index contributed by atoms with van der Waals surface area (Å²) >= 11 is 8.48. The van der Waals surface area contributed by atoms with Gasteiger partial charge in [-0.15, -0.1) is 0 Å². The van der Waals surface area contributed by atoms with Crippen LogP contribution < -0.4 is 10.1 Å². The lowest BCUT2D eigenvalue weighted by molar-refractivity contribution is -0.146. The second-order valence-electron chi connectivity index (χ2n) is 5.19. The molecule has 0 amide bonds. The third-order valence-electron chi connectivity index (χ3n) is 3.59. The number of thiocarbonyl (C=S) groups is 1. The van der Waals surface area contributed by atoms with Gasteiger partial charge in [0.25, 0.3) is 0 Å². The second-order valence-corrected chi connectivity index (χ2v) is 6.43. The molecule has 2 atom stereocenters. The Morgan fingerprint density at radius 1 is 1.42 bits per heavy atom. The zero-order valence-electron chi connectivity index (χ0n) is 13.6. The standard InChI is InChI=1S/C16H19BrN2O4S/c1-4-22-11-7-9(6-10(17)14(11)20)13-12(15(21)23-5-2)8(3)18-16(24)19-13/h6-7,12-13,20H,4-5H2,1-3H3,(H,19,24). The number of carbonyl (C=O) groups excluding carboxylic acids is 1. The maximum absolute atomic E-state index is 12.4. The minimum atomic E-state index is -0.609. The van der Waals surface area contributed by atoms with Gasteiger partial charge in [-0.2, -0.15) is 0 Å². The molecule has 2 N–H and O–H groups in total. The Kier molecular flexibility index (Phi) is 6.17. The molecule has 0 saturated heterocycles. The summed E-state index contributed by atoms with van der Waals surface area (Å²) in [6, 6.07) is 2.96. The highest BCUT2D eigenvalue weighted by molar-refractivity contribution is 9.10. The summed E-state index contributed by atoms with van der Waals surface area (Å²) in [5.41, 5.74) is 1.32. The Morgan fingerprint density at radius 3 is 2.75 bits per heavy atom. The van der Waals surface area contributed by atoms with Gasteiger partial charge >= 0.3 is 5.97 Å². The topological polar surface area (TPSA) is 80.2 Å². The fraction of sp³-hybridized carbons (Fsp3) is 0.438. The van der Waals surface area contributed by atoms with Crippen LogP contribution in [0.25, 0.3) is 0 Å². The molecule has 0 spiro atoms. The first-order valence-electron chi connectivity index (χ1n) is 7.56. The smallest absolute Gasteiger partial charge is 0.317 e. The van der Waals surface area contributed by atoms with E-state index in [4.69, 9.17) is 21.7 Å². The lowest BCUT2D eigenvalue weighted by Crippen LogP contribution is -2.44. The molecule has 2 rings (SSSR count). The van der Waals surface area contributed by atoms with E-state index in [2.05, 4.69) is 26.2 Å². The van der Waals surface area contributed by atoms with Crippen LogP contribution in [0.2, 0.25) is 0 Å². The van der Waals surface area contributed by atoms with E-state index in [0.717, 1.165) is 5.56 Å². The summed E-state index contributed by atoms with van der Waals surface area (Å²) in [6.07, 6.45) is 0. The summed E-state index contributed by atoms with van der Waals surface area (Å²) in [6.45, 7) is 6.02. The molecule has 1 aromatic carbocycles. The normalized spacial score (nSPS) is 20.2. The van der Waals surface area contributed by atoms with Crippen molar-refractivity contribution in [3.8, 4) is 11.5 Å². The molecule has 8 heteroatoms. The molecule has 1 aliphatic rings. The summed E-state index contributed by atoms with van der Waals surface area (Å²) in [5, 5.41) is 13.4. The first kappa shape index (κ1) is 18.7. The number of hydrogen-bond donors (Lipinski definition) is 2. The highest BCUT2D eigenvalue weighted by Crippen LogP contribution is 2.39. The molecule has 1 aliphatic heterocycles. The van der Waals surface area contributed by atoms with Gasteiger partial charge in [0.15, 0.2) is 16.6 Å². The van der Waals surface area contributed by atoms with Crippen LogP contribution in [-0.4, -0.2) is 35.1 Å². The van der Waals surface area contributed by atoms with E-state index in [1.807, 2.05) is 6.92 Å². The number of phenolic OH excluding ortho intramolecular Hbond substituents is 1. The second kappa shape index (κ2) is 7.94. The number of benzene rings is 1. The van der Waals surface area contributed by atoms with Crippen molar-refractivity contribution in [1.29, 1.82) is 0 Å². The van der Waals surface area contributed by atoms with Crippen molar-refractivity contribution in [1.82, 2.24) is 5.32 Å². The number of hydrogen-bond acceptors (Lipinski definition) is 5. The fourth-order valence-corrected chi connectivity index (χ4v) is 3.30. The maximum atomic E-state index is 12.4. The average Bonchev–Trinajstić information content (AvgIpc) is 2.51. The van der Waals surface area contributed by atoms with Crippen molar-refractivity contribution in [3.05, 3.63) is 22.2 Å². The van der Waals surface area contributed by atoms with Crippen molar-refractivity contribution in [3.63, 3.8) is 0 Å². The number of nitrogens with zero attached hydrogens (tertiary/aromatic N) is 1. The number of phenols is 1. The number of carbonyl (C=O) groups is 1. The van der Waals surface area contributed by atoms with Crippen LogP contribution in [0.5, 0.6) is 11.5 Å². The number of nitrogens with one attached hydrogen (secondary N) is 1. The van der Waals surface area contributed by atoms with Crippen LogP contribution in [0, 0.1) is 5.92 Å². The predicted molar refractivity (Wildman–Crippen MR) is 98.7 cm³/mol. The molecular formula is C16H19BrN2O4S. The maximum Gasteiger partial charge on any atom is 0.317 e. The Bertz CT molecular complexity index is 693. The van der Waals surface area contributed by atoms with Gasteiger partial charge in [0.05, 0.1) is 23.7 Å². The Morgan fingerprint density at radius 2 is 2.12 bits per heavy atom. The van der Waals surface area contributed by atoms with E-state index < -0.39 is 12.0 Å². The van der Waals surface area contributed by atoms with Crippen LogP contribution in [0.4, 0.5) is 0 Å². The minimum absolute atomic E-state index is 0.0112. The number of aromatic hydroxyl groups is 1. The highest BCUT2D eigenvalue weighted by atomic mass is 79.9. The van der Waals surface area contributed by atoms with E-state index in [0.29, 0.717) is 27.7 Å². The zero-order chi connectivity index (χ0) is 17.9. The number of aliphatic imine (C=N–C) groups is 1. The molecule has 0 radical (unpaired) electrons. The lowest BCUT2D eigenvalue weighted by Gasteiger charge is -2.31. The largest absolute Gasteiger partial charge is 0.503 e. The van der Waals surface area contributed by atoms with Crippen LogP contribution in [-0.2, 0) is 9.53 Å². The van der Waals surface area contributed by atoms with Crippen LogP contribution in [0.3, 0.4) is 0 Å². The van der Waals surface area contributed by atoms with E-state index >= 15 is 0 Å². The molecule has 0 aliphatic carbocycles. The quantitative estimate of drug-likeness (QED) is 0.568. The van der Waals surface area contributed by atoms with E-state index in [-0.39, 0.29) is 18.3 Å². The van der Waals surface area contributed by atoms with Crippen molar-refractivity contribution < 1.29 is 19.4 Å². The van der Waals surface area contributed by atoms with Gasteiger partial charge in [-0.25, -0.2) is 4.99 Å². The number of rotatable bonds is 5. The van der Waals surface area contributed by atoms with E-state index in [1.54, 1.807) is 26.0 Å². The van der Waals surface area contributed by atoms with Gasteiger partial charge < -0.3 is 19.9 Å². The molecule has 24 heavy (non-hydrogen) atoms. The molecule has 0 saturated carbocycles. The fourth-order valence-electron chi connectivity index (χ4n) is 2.57. The molecule has 0 fully saturated rings.